The van der Waals surface area contributed by atoms with Crippen LogP contribution in [0.15, 0.2) is 18.2 Å². The van der Waals surface area contributed by atoms with Gasteiger partial charge >= 0.3 is 0 Å². The second-order valence-corrected chi connectivity index (χ2v) is 4.31. The number of hydrogen-bond donors (Lipinski definition) is 2. The predicted octanol–water partition coefficient (Wildman–Crippen LogP) is 1.96. The Bertz CT molecular complexity index is 384. The van der Waals surface area contributed by atoms with Crippen LogP contribution in [0, 0.1) is 5.92 Å². The highest BCUT2D eigenvalue weighted by atomic mass is 35.5. The first-order chi connectivity index (χ1) is 7.22. The number of halogens is 2. The first kappa shape index (κ1) is 10.9. The van der Waals surface area contributed by atoms with E-state index < -0.39 is 0 Å². The predicted molar refractivity (Wildman–Crippen MR) is 59.9 cm³/mol. The minimum atomic E-state index is -0.0938. The lowest BCUT2D eigenvalue weighted by Crippen LogP contribution is -2.25. The Morgan fingerprint density at radius 2 is 2.20 bits per heavy atom. The van der Waals surface area contributed by atoms with Gasteiger partial charge in [0.25, 0.3) is 0 Å². The van der Waals surface area contributed by atoms with Crippen molar-refractivity contribution in [1.29, 1.82) is 0 Å². The van der Waals surface area contributed by atoms with E-state index >= 15 is 0 Å². The molecule has 1 aromatic rings. The molecule has 3 nitrogen and oxygen atoms in total. The summed E-state index contributed by atoms with van der Waals surface area (Å²) >= 11 is 11.9. The second-order valence-electron chi connectivity index (χ2n) is 3.47. The van der Waals surface area contributed by atoms with Crippen molar-refractivity contribution in [2.75, 3.05) is 6.54 Å². The number of aldehydes is 1. The van der Waals surface area contributed by atoms with Crippen LogP contribution in [0.3, 0.4) is 0 Å². The summed E-state index contributed by atoms with van der Waals surface area (Å²) in [4.78, 5) is 10.8. The van der Waals surface area contributed by atoms with Crippen LogP contribution in [0.5, 0.6) is 0 Å². The van der Waals surface area contributed by atoms with E-state index in [9.17, 15) is 4.79 Å². The van der Waals surface area contributed by atoms with Crippen LogP contribution in [0.1, 0.15) is 11.6 Å². The standard InChI is InChI=1S/C10H10Cl2N2O/c11-7-1-2-8(9(12)3-7)10-6(5-15)4-13-14-10/h1-3,5-6,10,13-14H,4H2. The van der Waals surface area contributed by atoms with Crippen LogP contribution in [-0.2, 0) is 4.79 Å². The van der Waals surface area contributed by atoms with Crippen LogP contribution in [0.2, 0.25) is 10.0 Å². The molecule has 1 aromatic carbocycles. The van der Waals surface area contributed by atoms with Gasteiger partial charge in [-0.25, -0.2) is 5.43 Å². The van der Waals surface area contributed by atoms with Gasteiger partial charge in [-0.05, 0) is 17.7 Å². The normalized spacial score (nSPS) is 25.5. The maximum atomic E-state index is 10.8. The molecule has 0 bridgehead atoms. The lowest BCUT2D eigenvalue weighted by molar-refractivity contribution is -0.111. The number of carbonyl (C=O) groups excluding carboxylic acids is 1. The summed E-state index contributed by atoms with van der Waals surface area (Å²) in [7, 11) is 0. The van der Waals surface area contributed by atoms with Gasteiger partial charge in [-0.15, -0.1) is 0 Å². The van der Waals surface area contributed by atoms with E-state index in [0.29, 0.717) is 16.6 Å². The van der Waals surface area contributed by atoms with Crippen LogP contribution in [-0.4, -0.2) is 12.8 Å². The maximum absolute atomic E-state index is 10.8. The third kappa shape index (κ3) is 2.16. The van der Waals surface area contributed by atoms with Gasteiger partial charge in [-0.3, -0.25) is 5.43 Å². The quantitative estimate of drug-likeness (QED) is 0.782. The Balaban J connectivity index is 2.32. The number of rotatable bonds is 2. The molecule has 0 saturated carbocycles. The first-order valence-electron chi connectivity index (χ1n) is 4.61. The molecule has 15 heavy (non-hydrogen) atoms. The van der Waals surface area contributed by atoms with Gasteiger partial charge in [0, 0.05) is 22.5 Å². The zero-order chi connectivity index (χ0) is 10.8. The van der Waals surface area contributed by atoms with Crippen molar-refractivity contribution < 1.29 is 4.79 Å². The fourth-order valence-corrected chi connectivity index (χ4v) is 2.23. The lowest BCUT2D eigenvalue weighted by Gasteiger charge is -2.15. The fraction of sp³-hybridized carbons (Fsp3) is 0.300. The molecule has 0 aliphatic carbocycles. The zero-order valence-corrected chi connectivity index (χ0v) is 9.35. The molecule has 2 N–H and O–H groups in total. The summed E-state index contributed by atoms with van der Waals surface area (Å²) in [5.74, 6) is -0.0938. The van der Waals surface area contributed by atoms with E-state index in [2.05, 4.69) is 10.9 Å². The van der Waals surface area contributed by atoms with Crippen molar-refractivity contribution in [3.8, 4) is 0 Å². The van der Waals surface area contributed by atoms with E-state index in [-0.39, 0.29) is 12.0 Å². The number of nitrogens with one attached hydrogen (secondary N) is 2. The monoisotopic (exact) mass is 244 g/mol. The van der Waals surface area contributed by atoms with Crippen molar-refractivity contribution >= 4 is 29.5 Å². The zero-order valence-electron chi connectivity index (χ0n) is 7.84. The summed E-state index contributed by atoms with van der Waals surface area (Å²) < 4.78 is 0. The van der Waals surface area contributed by atoms with Gasteiger partial charge in [-0.2, -0.15) is 0 Å². The third-order valence-electron chi connectivity index (χ3n) is 2.50. The molecular weight excluding hydrogens is 235 g/mol. The minimum Gasteiger partial charge on any atom is -0.303 e. The minimum absolute atomic E-state index is 0.0766. The van der Waals surface area contributed by atoms with Gasteiger partial charge in [0.2, 0.25) is 0 Å². The highest BCUT2D eigenvalue weighted by Gasteiger charge is 2.29. The number of benzene rings is 1. The summed E-state index contributed by atoms with van der Waals surface area (Å²) in [6.07, 6.45) is 0.933. The SMILES string of the molecule is O=CC1CNNC1c1ccc(Cl)cc1Cl. The smallest absolute Gasteiger partial charge is 0.126 e. The van der Waals surface area contributed by atoms with Crippen molar-refractivity contribution in [3.05, 3.63) is 33.8 Å². The fourth-order valence-electron chi connectivity index (χ4n) is 1.70. The van der Waals surface area contributed by atoms with Gasteiger partial charge < -0.3 is 4.79 Å². The largest absolute Gasteiger partial charge is 0.303 e. The average Bonchev–Trinajstić information content (AvgIpc) is 2.65. The Labute approximate surface area is 97.7 Å². The third-order valence-corrected chi connectivity index (χ3v) is 3.06. The van der Waals surface area contributed by atoms with E-state index in [1.807, 2.05) is 6.07 Å². The molecule has 2 rings (SSSR count). The molecule has 2 unspecified atom stereocenters. The lowest BCUT2D eigenvalue weighted by atomic mass is 9.96. The van der Waals surface area contributed by atoms with Crippen molar-refractivity contribution in [3.63, 3.8) is 0 Å². The molecule has 1 saturated heterocycles. The van der Waals surface area contributed by atoms with Gasteiger partial charge in [-0.1, -0.05) is 29.3 Å². The second kappa shape index (κ2) is 4.49. The molecule has 5 heteroatoms. The highest BCUT2D eigenvalue weighted by Crippen LogP contribution is 2.31. The highest BCUT2D eigenvalue weighted by molar-refractivity contribution is 6.35. The summed E-state index contributed by atoms with van der Waals surface area (Å²) in [5.41, 5.74) is 6.86. The van der Waals surface area contributed by atoms with E-state index in [4.69, 9.17) is 23.2 Å². The molecule has 1 fully saturated rings. The molecule has 1 heterocycles. The van der Waals surface area contributed by atoms with Crippen molar-refractivity contribution in [1.82, 2.24) is 10.9 Å². The molecule has 0 spiro atoms. The van der Waals surface area contributed by atoms with E-state index in [1.54, 1.807) is 12.1 Å². The number of carbonyl (C=O) groups is 1. The van der Waals surface area contributed by atoms with Gasteiger partial charge in [0.15, 0.2) is 0 Å². The molecule has 1 aliphatic heterocycles. The molecular formula is C10H10Cl2N2O. The summed E-state index contributed by atoms with van der Waals surface area (Å²) in [5, 5.41) is 1.17. The van der Waals surface area contributed by atoms with Crippen molar-refractivity contribution in [2.45, 2.75) is 6.04 Å². The van der Waals surface area contributed by atoms with Crippen LogP contribution in [0.25, 0.3) is 0 Å². The number of hydrogen-bond acceptors (Lipinski definition) is 3. The van der Waals surface area contributed by atoms with Gasteiger partial charge in [0.1, 0.15) is 6.29 Å². The van der Waals surface area contributed by atoms with E-state index in [1.165, 1.54) is 0 Å². The van der Waals surface area contributed by atoms with Crippen LogP contribution in [0.4, 0.5) is 0 Å². The van der Waals surface area contributed by atoms with E-state index in [0.717, 1.165) is 11.8 Å². The van der Waals surface area contributed by atoms with Crippen LogP contribution >= 0.6 is 23.2 Å². The Morgan fingerprint density at radius 1 is 1.40 bits per heavy atom. The molecule has 2 atom stereocenters. The Morgan fingerprint density at radius 3 is 2.87 bits per heavy atom. The molecule has 0 amide bonds. The Hall–Kier alpha value is -0.610. The Kier molecular flexibility index (Phi) is 3.26. The van der Waals surface area contributed by atoms with Crippen molar-refractivity contribution in [2.24, 2.45) is 5.92 Å². The summed E-state index contributed by atoms with van der Waals surface area (Å²) in [6.45, 7) is 0.618. The topological polar surface area (TPSA) is 41.1 Å². The maximum Gasteiger partial charge on any atom is 0.126 e. The molecule has 80 valence electrons. The van der Waals surface area contributed by atoms with Crippen LogP contribution < -0.4 is 10.9 Å². The molecule has 1 aliphatic rings. The van der Waals surface area contributed by atoms with Gasteiger partial charge in [0.05, 0.1) is 6.04 Å². The molecule has 0 aromatic heterocycles. The first-order valence-corrected chi connectivity index (χ1v) is 5.36. The number of hydrazine groups is 1. The average molecular weight is 245 g/mol. The summed E-state index contributed by atoms with van der Waals surface area (Å²) in [6, 6.07) is 5.21. The molecule has 0 radical (unpaired) electrons.